The Morgan fingerprint density at radius 3 is 2.86 bits per heavy atom. The highest BCUT2D eigenvalue weighted by Crippen LogP contribution is 2.28. The second-order valence-electron chi connectivity index (χ2n) is 2.70. The Morgan fingerprint density at radius 2 is 2.29 bits per heavy atom. The summed E-state index contributed by atoms with van der Waals surface area (Å²) in [4.78, 5) is 0. The molecule has 0 spiro atoms. The van der Waals surface area contributed by atoms with Crippen molar-refractivity contribution in [2.24, 2.45) is 0 Å². The van der Waals surface area contributed by atoms with E-state index in [2.05, 4.69) is 15.9 Å². The van der Waals surface area contributed by atoms with E-state index in [4.69, 9.17) is 10.00 Å². The van der Waals surface area contributed by atoms with Crippen molar-refractivity contribution in [3.05, 3.63) is 28.0 Å². The first-order chi connectivity index (χ1) is 6.70. The molecular formula is C10H9BrFNO. The van der Waals surface area contributed by atoms with Gasteiger partial charge in [0, 0.05) is 0 Å². The normalized spacial score (nSPS) is 9.57. The molecule has 0 aliphatic carbocycles. The van der Waals surface area contributed by atoms with Crippen LogP contribution in [-0.2, 0) is 0 Å². The minimum atomic E-state index is -0.516. The highest BCUT2D eigenvalue weighted by atomic mass is 79.9. The molecule has 1 rings (SSSR count). The average molecular weight is 258 g/mol. The third-order valence-corrected chi connectivity index (χ3v) is 2.40. The Bertz CT molecular complexity index is 373. The number of nitriles is 1. The van der Waals surface area contributed by atoms with Crippen LogP contribution in [0.5, 0.6) is 5.75 Å². The van der Waals surface area contributed by atoms with Crippen LogP contribution in [0, 0.1) is 17.1 Å². The zero-order chi connectivity index (χ0) is 10.6. The summed E-state index contributed by atoms with van der Waals surface area (Å²) in [6.45, 7) is 2.41. The quantitative estimate of drug-likeness (QED) is 0.833. The first-order valence-electron chi connectivity index (χ1n) is 4.21. The standard InChI is InChI=1S/C10H9BrFNO/c1-2-5-14-8-4-3-7(6-13)9(11)10(8)12/h3-4H,2,5H2,1H3. The molecule has 0 aromatic heterocycles. The Balaban J connectivity index is 3.00. The first kappa shape index (κ1) is 11.0. The molecule has 0 aliphatic heterocycles. The maximum absolute atomic E-state index is 13.4. The second-order valence-corrected chi connectivity index (χ2v) is 3.49. The number of hydrogen-bond donors (Lipinski definition) is 0. The number of rotatable bonds is 3. The topological polar surface area (TPSA) is 33.0 Å². The molecule has 0 fully saturated rings. The summed E-state index contributed by atoms with van der Waals surface area (Å²) in [5.74, 6) is -0.338. The van der Waals surface area contributed by atoms with Gasteiger partial charge in [0.2, 0.25) is 0 Å². The van der Waals surface area contributed by atoms with Crippen LogP contribution in [0.3, 0.4) is 0 Å². The van der Waals surface area contributed by atoms with E-state index < -0.39 is 5.82 Å². The molecule has 74 valence electrons. The van der Waals surface area contributed by atoms with E-state index in [9.17, 15) is 4.39 Å². The van der Waals surface area contributed by atoms with Gasteiger partial charge in [-0.3, -0.25) is 0 Å². The van der Waals surface area contributed by atoms with Gasteiger partial charge in [-0.25, -0.2) is 4.39 Å². The van der Waals surface area contributed by atoms with Crippen molar-refractivity contribution in [2.45, 2.75) is 13.3 Å². The number of benzene rings is 1. The van der Waals surface area contributed by atoms with Gasteiger partial charge in [-0.2, -0.15) is 5.26 Å². The fraction of sp³-hybridized carbons (Fsp3) is 0.300. The monoisotopic (exact) mass is 257 g/mol. The maximum atomic E-state index is 13.4. The van der Waals surface area contributed by atoms with Crippen LogP contribution in [0.2, 0.25) is 0 Å². The molecule has 0 atom stereocenters. The van der Waals surface area contributed by atoms with Crippen LogP contribution in [0.15, 0.2) is 16.6 Å². The third-order valence-electron chi connectivity index (χ3n) is 1.63. The van der Waals surface area contributed by atoms with Gasteiger partial charge in [0.1, 0.15) is 6.07 Å². The summed E-state index contributed by atoms with van der Waals surface area (Å²) in [7, 11) is 0. The van der Waals surface area contributed by atoms with Crippen LogP contribution in [-0.4, -0.2) is 6.61 Å². The number of hydrogen-bond acceptors (Lipinski definition) is 2. The maximum Gasteiger partial charge on any atom is 0.180 e. The molecular weight excluding hydrogens is 249 g/mol. The SMILES string of the molecule is CCCOc1ccc(C#N)c(Br)c1F. The summed E-state index contributed by atoms with van der Waals surface area (Å²) < 4.78 is 18.8. The number of halogens is 2. The molecule has 0 aliphatic rings. The van der Waals surface area contributed by atoms with E-state index in [1.807, 2.05) is 13.0 Å². The van der Waals surface area contributed by atoms with Crippen molar-refractivity contribution in [2.75, 3.05) is 6.61 Å². The fourth-order valence-electron chi connectivity index (χ4n) is 0.942. The van der Waals surface area contributed by atoms with E-state index in [1.54, 1.807) is 0 Å². The number of nitrogens with zero attached hydrogens (tertiary/aromatic N) is 1. The third kappa shape index (κ3) is 2.24. The molecule has 0 unspecified atom stereocenters. The molecule has 2 nitrogen and oxygen atoms in total. The zero-order valence-corrected chi connectivity index (χ0v) is 9.27. The Labute approximate surface area is 90.4 Å². The molecule has 0 radical (unpaired) electrons. The average Bonchev–Trinajstić information content (AvgIpc) is 2.20. The van der Waals surface area contributed by atoms with Gasteiger partial charge in [-0.15, -0.1) is 0 Å². The molecule has 0 amide bonds. The Morgan fingerprint density at radius 1 is 1.57 bits per heavy atom. The minimum Gasteiger partial charge on any atom is -0.490 e. The van der Waals surface area contributed by atoms with E-state index >= 15 is 0 Å². The van der Waals surface area contributed by atoms with Crippen molar-refractivity contribution < 1.29 is 9.13 Å². The first-order valence-corrected chi connectivity index (χ1v) is 5.01. The smallest absolute Gasteiger partial charge is 0.180 e. The predicted octanol–water partition coefficient (Wildman–Crippen LogP) is 3.25. The predicted molar refractivity (Wildman–Crippen MR) is 54.6 cm³/mol. The Kier molecular flexibility index (Phi) is 3.90. The van der Waals surface area contributed by atoms with Gasteiger partial charge in [-0.05, 0) is 34.5 Å². The lowest BCUT2D eigenvalue weighted by Gasteiger charge is -2.07. The summed E-state index contributed by atoms with van der Waals surface area (Å²) in [5.41, 5.74) is 0.270. The number of ether oxygens (including phenoxy) is 1. The van der Waals surface area contributed by atoms with Crippen LogP contribution in [0.1, 0.15) is 18.9 Å². The van der Waals surface area contributed by atoms with E-state index in [0.717, 1.165) is 6.42 Å². The Hall–Kier alpha value is -1.08. The highest BCUT2D eigenvalue weighted by Gasteiger charge is 2.11. The van der Waals surface area contributed by atoms with E-state index in [1.165, 1.54) is 12.1 Å². The fourth-order valence-corrected chi connectivity index (χ4v) is 1.36. The lowest BCUT2D eigenvalue weighted by Crippen LogP contribution is -1.98. The second kappa shape index (κ2) is 4.97. The molecule has 0 bridgehead atoms. The largest absolute Gasteiger partial charge is 0.490 e. The van der Waals surface area contributed by atoms with Gasteiger partial charge in [0.15, 0.2) is 11.6 Å². The van der Waals surface area contributed by atoms with Gasteiger partial charge in [0.05, 0.1) is 16.6 Å². The van der Waals surface area contributed by atoms with Crippen LogP contribution >= 0.6 is 15.9 Å². The van der Waals surface area contributed by atoms with Gasteiger partial charge in [-0.1, -0.05) is 6.92 Å². The molecule has 14 heavy (non-hydrogen) atoms. The minimum absolute atomic E-state index is 0.161. The van der Waals surface area contributed by atoms with Crippen LogP contribution in [0.4, 0.5) is 4.39 Å². The molecule has 0 saturated heterocycles. The molecule has 1 aromatic rings. The summed E-state index contributed by atoms with van der Waals surface area (Å²) >= 11 is 3.01. The molecule has 4 heteroatoms. The van der Waals surface area contributed by atoms with E-state index in [-0.39, 0.29) is 15.8 Å². The zero-order valence-electron chi connectivity index (χ0n) is 7.68. The van der Waals surface area contributed by atoms with Crippen molar-refractivity contribution in [1.82, 2.24) is 0 Å². The van der Waals surface area contributed by atoms with Crippen LogP contribution < -0.4 is 4.74 Å². The van der Waals surface area contributed by atoms with E-state index in [0.29, 0.717) is 6.61 Å². The van der Waals surface area contributed by atoms with Crippen molar-refractivity contribution in [3.63, 3.8) is 0 Å². The highest BCUT2D eigenvalue weighted by molar-refractivity contribution is 9.10. The van der Waals surface area contributed by atoms with Crippen molar-refractivity contribution in [1.29, 1.82) is 5.26 Å². The lowest BCUT2D eigenvalue weighted by atomic mass is 10.2. The van der Waals surface area contributed by atoms with Gasteiger partial charge >= 0.3 is 0 Å². The summed E-state index contributed by atoms with van der Waals surface area (Å²) in [5, 5.41) is 8.62. The molecule has 0 heterocycles. The summed E-state index contributed by atoms with van der Waals surface area (Å²) in [6.07, 6.45) is 0.817. The molecule has 0 N–H and O–H groups in total. The van der Waals surface area contributed by atoms with Crippen molar-refractivity contribution >= 4 is 15.9 Å². The summed E-state index contributed by atoms with van der Waals surface area (Å²) in [6, 6.07) is 4.87. The van der Waals surface area contributed by atoms with Gasteiger partial charge < -0.3 is 4.74 Å². The van der Waals surface area contributed by atoms with Crippen LogP contribution in [0.25, 0.3) is 0 Å². The molecule has 0 saturated carbocycles. The lowest BCUT2D eigenvalue weighted by molar-refractivity contribution is 0.300. The van der Waals surface area contributed by atoms with Crippen molar-refractivity contribution in [3.8, 4) is 11.8 Å². The van der Waals surface area contributed by atoms with Gasteiger partial charge in [0.25, 0.3) is 0 Å². The molecule has 1 aromatic carbocycles.